The molecule has 0 aromatic heterocycles. The highest BCUT2D eigenvalue weighted by molar-refractivity contribution is 7.89. The molecule has 178 valence electrons. The van der Waals surface area contributed by atoms with Crippen LogP contribution in [0.25, 0.3) is 10.8 Å². The van der Waals surface area contributed by atoms with Crippen LogP contribution >= 0.6 is 11.6 Å². The second-order valence-corrected chi connectivity index (χ2v) is 10.8. The van der Waals surface area contributed by atoms with Crippen molar-refractivity contribution in [1.82, 2.24) is 14.5 Å². The lowest BCUT2D eigenvalue weighted by Crippen LogP contribution is -2.56. The summed E-state index contributed by atoms with van der Waals surface area (Å²) in [5.74, 6) is -0.609. The van der Waals surface area contributed by atoms with Gasteiger partial charge in [-0.2, -0.15) is 4.72 Å². The van der Waals surface area contributed by atoms with Crippen molar-refractivity contribution in [2.45, 2.75) is 49.1 Å². The van der Waals surface area contributed by atoms with Gasteiger partial charge >= 0.3 is 0 Å². The van der Waals surface area contributed by atoms with Crippen LogP contribution in [0, 0.1) is 0 Å². The minimum atomic E-state index is -3.94. The number of hydrogen-bond acceptors (Lipinski definition) is 5. The number of benzene rings is 2. The van der Waals surface area contributed by atoms with Crippen molar-refractivity contribution >= 4 is 44.2 Å². The highest BCUT2D eigenvalue weighted by Gasteiger charge is 2.35. The zero-order chi connectivity index (χ0) is 23.6. The average molecular weight is 494 g/mol. The monoisotopic (exact) mass is 493 g/mol. The summed E-state index contributed by atoms with van der Waals surface area (Å²) in [5, 5.41) is 11.7. The van der Waals surface area contributed by atoms with Crippen LogP contribution in [-0.4, -0.2) is 73.5 Å². The SMILES string of the molecule is O=C1[C@@H](NS(=O)(=O)c2ccc3cc(Cl)ccc3c2)CCCN1CC(=O)N1CCCCC1CO. The second-order valence-electron chi connectivity index (χ2n) is 8.65. The Bertz CT molecular complexity index is 1160. The largest absolute Gasteiger partial charge is 0.394 e. The van der Waals surface area contributed by atoms with Gasteiger partial charge in [-0.05, 0) is 67.1 Å². The van der Waals surface area contributed by atoms with E-state index in [9.17, 15) is 23.1 Å². The van der Waals surface area contributed by atoms with Gasteiger partial charge in [0.2, 0.25) is 21.8 Å². The lowest BCUT2D eigenvalue weighted by atomic mass is 10.0. The first-order valence-corrected chi connectivity index (χ1v) is 13.1. The third kappa shape index (κ3) is 5.32. The van der Waals surface area contributed by atoms with Gasteiger partial charge in [0.1, 0.15) is 6.04 Å². The van der Waals surface area contributed by atoms with Crippen LogP contribution in [0.5, 0.6) is 0 Å². The van der Waals surface area contributed by atoms with E-state index in [2.05, 4.69) is 4.72 Å². The predicted octanol–water partition coefficient (Wildman–Crippen LogP) is 2.14. The van der Waals surface area contributed by atoms with E-state index < -0.39 is 22.0 Å². The zero-order valence-corrected chi connectivity index (χ0v) is 19.8. The second kappa shape index (κ2) is 9.97. The van der Waals surface area contributed by atoms with Crippen LogP contribution in [-0.2, 0) is 19.6 Å². The molecule has 2 aliphatic heterocycles. The van der Waals surface area contributed by atoms with Crippen LogP contribution in [0.4, 0.5) is 0 Å². The van der Waals surface area contributed by atoms with Gasteiger partial charge in [-0.3, -0.25) is 9.59 Å². The molecule has 2 aliphatic rings. The van der Waals surface area contributed by atoms with Gasteiger partial charge in [0.15, 0.2) is 0 Å². The van der Waals surface area contributed by atoms with Crippen molar-refractivity contribution in [2.75, 3.05) is 26.2 Å². The maximum absolute atomic E-state index is 13.0. The zero-order valence-electron chi connectivity index (χ0n) is 18.2. The lowest BCUT2D eigenvalue weighted by molar-refractivity contribution is -0.145. The van der Waals surface area contributed by atoms with Gasteiger partial charge < -0.3 is 14.9 Å². The van der Waals surface area contributed by atoms with Crippen LogP contribution in [0.15, 0.2) is 41.3 Å². The van der Waals surface area contributed by atoms with E-state index in [1.807, 2.05) is 0 Å². The summed E-state index contributed by atoms with van der Waals surface area (Å²) in [6.07, 6.45) is 3.54. The first-order chi connectivity index (χ1) is 15.8. The normalized spacial score (nSPS) is 22.1. The Hall–Kier alpha value is -2.20. The molecule has 0 bridgehead atoms. The van der Waals surface area contributed by atoms with Crippen molar-refractivity contribution in [1.29, 1.82) is 0 Å². The fourth-order valence-corrected chi connectivity index (χ4v) is 6.04. The molecule has 0 aliphatic carbocycles. The molecule has 0 saturated carbocycles. The van der Waals surface area contributed by atoms with Gasteiger partial charge in [0.05, 0.1) is 24.1 Å². The van der Waals surface area contributed by atoms with E-state index in [-0.39, 0.29) is 30.0 Å². The first-order valence-electron chi connectivity index (χ1n) is 11.2. The number of aliphatic hydroxyl groups is 1. The van der Waals surface area contributed by atoms with E-state index in [4.69, 9.17) is 11.6 Å². The summed E-state index contributed by atoms with van der Waals surface area (Å²) in [6, 6.07) is 8.77. The van der Waals surface area contributed by atoms with Gasteiger partial charge in [0, 0.05) is 18.1 Å². The minimum absolute atomic E-state index is 0.0671. The molecule has 0 spiro atoms. The predicted molar refractivity (Wildman–Crippen MR) is 125 cm³/mol. The molecule has 8 nitrogen and oxygen atoms in total. The topological polar surface area (TPSA) is 107 Å². The minimum Gasteiger partial charge on any atom is -0.394 e. The Morgan fingerprint density at radius 2 is 1.82 bits per heavy atom. The van der Waals surface area contributed by atoms with E-state index in [0.717, 1.165) is 30.0 Å². The molecule has 0 radical (unpaired) electrons. The Morgan fingerprint density at radius 3 is 2.61 bits per heavy atom. The van der Waals surface area contributed by atoms with Gasteiger partial charge in [-0.15, -0.1) is 0 Å². The fraction of sp³-hybridized carbons (Fsp3) is 0.478. The number of amides is 2. The Morgan fingerprint density at radius 1 is 1.06 bits per heavy atom. The summed E-state index contributed by atoms with van der Waals surface area (Å²) < 4.78 is 28.5. The first kappa shape index (κ1) is 23.9. The number of halogens is 1. The summed E-state index contributed by atoms with van der Waals surface area (Å²) >= 11 is 6.00. The maximum Gasteiger partial charge on any atom is 0.242 e. The van der Waals surface area contributed by atoms with Crippen molar-refractivity contribution in [3.05, 3.63) is 41.4 Å². The average Bonchev–Trinajstić information content (AvgIpc) is 2.81. The van der Waals surface area contributed by atoms with E-state index >= 15 is 0 Å². The Kier molecular flexibility index (Phi) is 7.23. The maximum atomic E-state index is 13.0. The number of rotatable bonds is 6. The van der Waals surface area contributed by atoms with Crippen LogP contribution in [0.3, 0.4) is 0 Å². The number of sulfonamides is 1. The number of fused-ring (bicyclic) bond motifs is 1. The molecule has 2 saturated heterocycles. The number of carbonyl (C=O) groups excluding carboxylic acids is 2. The van der Waals surface area contributed by atoms with Crippen molar-refractivity contribution in [3.63, 3.8) is 0 Å². The van der Waals surface area contributed by atoms with Crippen molar-refractivity contribution in [2.24, 2.45) is 0 Å². The third-order valence-corrected chi connectivity index (χ3v) is 8.10. The fourth-order valence-electron chi connectivity index (χ4n) is 4.60. The molecular weight excluding hydrogens is 466 g/mol. The Balaban J connectivity index is 1.45. The number of nitrogens with zero attached hydrogens (tertiary/aromatic N) is 2. The quantitative estimate of drug-likeness (QED) is 0.641. The summed E-state index contributed by atoms with van der Waals surface area (Å²) in [4.78, 5) is 29.0. The molecule has 33 heavy (non-hydrogen) atoms. The molecule has 2 aromatic carbocycles. The summed E-state index contributed by atoms with van der Waals surface area (Å²) in [7, 11) is -3.94. The van der Waals surface area contributed by atoms with Crippen molar-refractivity contribution < 1.29 is 23.1 Å². The number of nitrogens with one attached hydrogen (secondary N) is 1. The van der Waals surface area contributed by atoms with Crippen LogP contribution in [0.1, 0.15) is 32.1 Å². The molecule has 2 aromatic rings. The lowest BCUT2D eigenvalue weighted by Gasteiger charge is -2.38. The molecule has 2 N–H and O–H groups in total. The Labute approximate surface area is 198 Å². The summed E-state index contributed by atoms with van der Waals surface area (Å²) in [5.41, 5.74) is 0. The highest BCUT2D eigenvalue weighted by atomic mass is 35.5. The van der Waals surface area contributed by atoms with Crippen molar-refractivity contribution in [3.8, 4) is 0 Å². The smallest absolute Gasteiger partial charge is 0.242 e. The molecule has 2 fully saturated rings. The molecule has 10 heteroatoms. The molecule has 2 amide bonds. The number of likely N-dealkylation sites (tertiary alicyclic amines) is 2. The van der Waals surface area contributed by atoms with E-state index in [0.29, 0.717) is 31.0 Å². The van der Waals surface area contributed by atoms with Gasteiger partial charge in [0.25, 0.3) is 0 Å². The van der Waals surface area contributed by atoms with Gasteiger partial charge in [-0.25, -0.2) is 8.42 Å². The number of aliphatic hydroxyl groups excluding tert-OH is 1. The third-order valence-electron chi connectivity index (χ3n) is 6.40. The van der Waals surface area contributed by atoms with Crippen LogP contribution < -0.4 is 4.72 Å². The van der Waals surface area contributed by atoms with E-state index in [1.54, 1.807) is 35.2 Å². The molecular formula is C23H28ClN3O5S. The molecule has 4 rings (SSSR count). The standard InChI is InChI=1S/C23H28ClN3O5S/c24-18-8-6-17-13-20(9-7-16(17)12-18)33(31,32)25-21-5-3-10-26(23(21)30)14-22(29)27-11-2-1-4-19(27)15-28/h6-9,12-13,19,21,25,28H,1-5,10-11,14-15H2/t19?,21-/m0/s1. The number of piperidine rings is 2. The number of hydrogen-bond donors (Lipinski definition) is 2. The molecule has 2 heterocycles. The van der Waals surface area contributed by atoms with Crippen LogP contribution in [0.2, 0.25) is 5.02 Å². The van der Waals surface area contributed by atoms with E-state index in [1.165, 1.54) is 11.0 Å². The number of carbonyl (C=O) groups is 2. The van der Waals surface area contributed by atoms with Gasteiger partial charge in [-0.1, -0.05) is 23.7 Å². The molecule has 1 unspecified atom stereocenters. The highest BCUT2D eigenvalue weighted by Crippen LogP contribution is 2.24. The summed E-state index contributed by atoms with van der Waals surface area (Å²) in [6.45, 7) is 0.761. The molecule has 2 atom stereocenters.